The van der Waals surface area contributed by atoms with Crippen LogP contribution in [0.2, 0.25) is 0 Å². The van der Waals surface area contributed by atoms with Crippen LogP contribution in [-0.2, 0) is 9.59 Å². The first-order valence-electron chi connectivity index (χ1n) is 8.09. The van der Waals surface area contributed by atoms with Crippen molar-refractivity contribution in [3.8, 4) is 11.5 Å². The highest BCUT2D eigenvalue weighted by Gasteiger charge is 1.97. The average Bonchev–Trinajstić information content (AvgIpc) is 2.60. The average molecular weight is 352 g/mol. The third-order valence-electron chi connectivity index (χ3n) is 3.12. The Labute approximate surface area is 152 Å². The second-order valence-electron chi connectivity index (χ2n) is 5.40. The fourth-order valence-electron chi connectivity index (χ4n) is 2.03. The lowest BCUT2D eigenvalue weighted by molar-refractivity contribution is -0.132. The van der Waals surface area contributed by atoms with E-state index in [1.807, 2.05) is 24.3 Å². The number of ether oxygens (including phenoxy) is 2. The van der Waals surface area contributed by atoms with Crippen LogP contribution in [0.4, 0.5) is 0 Å². The molecule has 26 heavy (non-hydrogen) atoms. The van der Waals surface area contributed by atoms with Crippen LogP contribution in [0.3, 0.4) is 0 Å². The maximum Gasteiger partial charge on any atom is 0.308 e. The molecule has 6 heteroatoms. The number of hydrogen-bond donors (Lipinski definition) is 0. The van der Waals surface area contributed by atoms with Crippen molar-refractivity contribution in [2.45, 2.75) is 13.8 Å². The molecule has 0 bridgehead atoms. The maximum atomic E-state index is 10.9. The van der Waals surface area contributed by atoms with Crippen molar-refractivity contribution in [2.24, 2.45) is 9.98 Å². The number of carbonyl (C=O) groups excluding carboxylic acids is 2. The Morgan fingerprint density at radius 3 is 1.38 bits per heavy atom. The van der Waals surface area contributed by atoms with E-state index in [0.29, 0.717) is 24.6 Å². The van der Waals surface area contributed by atoms with E-state index in [1.54, 1.807) is 36.7 Å². The Morgan fingerprint density at radius 2 is 1.08 bits per heavy atom. The molecule has 2 rings (SSSR count). The zero-order valence-corrected chi connectivity index (χ0v) is 14.7. The second-order valence-corrected chi connectivity index (χ2v) is 5.40. The highest BCUT2D eigenvalue weighted by Crippen LogP contribution is 2.12. The third kappa shape index (κ3) is 7.09. The number of esters is 2. The molecule has 0 saturated heterocycles. The molecule has 0 unspecified atom stereocenters. The predicted molar refractivity (Wildman–Crippen MR) is 100 cm³/mol. The first kappa shape index (κ1) is 19.1. The van der Waals surface area contributed by atoms with Crippen molar-refractivity contribution in [3.05, 3.63) is 59.7 Å². The summed E-state index contributed by atoms with van der Waals surface area (Å²) >= 11 is 0. The summed E-state index contributed by atoms with van der Waals surface area (Å²) in [6, 6.07) is 14.2. The Kier molecular flexibility index (Phi) is 7.24. The zero-order valence-electron chi connectivity index (χ0n) is 14.7. The minimum atomic E-state index is -0.342. The molecular weight excluding hydrogens is 332 g/mol. The second kappa shape index (κ2) is 9.88. The van der Waals surface area contributed by atoms with Crippen LogP contribution >= 0.6 is 0 Å². The van der Waals surface area contributed by atoms with Crippen LogP contribution in [0, 0.1) is 0 Å². The highest BCUT2D eigenvalue weighted by molar-refractivity contribution is 5.81. The molecule has 0 atom stereocenters. The van der Waals surface area contributed by atoms with Crippen LogP contribution < -0.4 is 9.47 Å². The van der Waals surface area contributed by atoms with E-state index in [4.69, 9.17) is 9.47 Å². The molecule has 0 aliphatic rings. The fourth-order valence-corrected chi connectivity index (χ4v) is 2.03. The molecule has 0 saturated carbocycles. The molecule has 6 nitrogen and oxygen atoms in total. The molecule has 0 radical (unpaired) electrons. The third-order valence-corrected chi connectivity index (χ3v) is 3.12. The van der Waals surface area contributed by atoms with Crippen molar-refractivity contribution in [1.29, 1.82) is 0 Å². The van der Waals surface area contributed by atoms with Gasteiger partial charge in [-0.05, 0) is 59.7 Å². The minimum absolute atomic E-state index is 0.342. The number of benzene rings is 2. The number of aliphatic imine (C=N–C) groups is 2. The van der Waals surface area contributed by atoms with Gasteiger partial charge in [0.2, 0.25) is 0 Å². The van der Waals surface area contributed by atoms with Crippen LogP contribution in [0.25, 0.3) is 0 Å². The molecule has 2 aromatic carbocycles. The largest absolute Gasteiger partial charge is 0.427 e. The molecule has 0 aromatic heterocycles. The Hall–Kier alpha value is -3.28. The van der Waals surface area contributed by atoms with Gasteiger partial charge < -0.3 is 9.47 Å². The topological polar surface area (TPSA) is 77.3 Å². The summed E-state index contributed by atoms with van der Waals surface area (Å²) in [5.41, 5.74) is 1.84. The molecule has 0 spiro atoms. The van der Waals surface area contributed by atoms with E-state index in [2.05, 4.69) is 9.98 Å². The number of rotatable bonds is 7. The molecule has 0 amide bonds. The fraction of sp³-hybridized carbons (Fsp3) is 0.200. The SMILES string of the molecule is CC(=O)Oc1ccc(C=NCCN=Cc2ccc(OC(C)=O)cc2)cc1. The van der Waals surface area contributed by atoms with Crippen LogP contribution in [0.1, 0.15) is 25.0 Å². The Morgan fingerprint density at radius 1 is 0.731 bits per heavy atom. The standard InChI is InChI=1S/C20H20N2O4/c1-15(23)25-19-7-3-17(4-8-19)13-21-11-12-22-14-18-5-9-20(10-6-18)26-16(2)24/h3-10,13-14H,11-12H2,1-2H3. The Bertz CT molecular complexity index is 724. The van der Waals surface area contributed by atoms with E-state index >= 15 is 0 Å². The summed E-state index contributed by atoms with van der Waals surface area (Å²) in [6.45, 7) is 3.86. The van der Waals surface area contributed by atoms with Crippen molar-refractivity contribution in [3.63, 3.8) is 0 Å². The summed E-state index contributed by atoms with van der Waals surface area (Å²) in [5.74, 6) is 0.341. The van der Waals surface area contributed by atoms with Gasteiger partial charge in [-0.15, -0.1) is 0 Å². The van der Waals surface area contributed by atoms with Crippen molar-refractivity contribution < 1.29 is 19.1 Å². The van der Waals surface area contributed by atoms with Gasteiger partial charge in [0, 0.05) is 26.3 Å². The van der Waals surface area contributed by atoms with Crippen molar-refractivity contribution in [2.75, 3.05) is 13.1 Å². The van der Waals surface area contributed by atoms with Gasteiger partial charge in [-0.25, -0.2) is 0 Å². The van der Waals surface area contributed by atoms with Gasteiger partial charge >= 0.3 is 11.9 Å². The molecule has 0 aliphatic carbocycles. The van der Waals surface area contributed by atoms with Crippen LogP contribution in [0.15, 0.2) is 58.5 Å². The van der Waals surface area contributed by atoms with Gasteiger partial charge in [-0.2, -0.15) is 0 Å². The lowest BCUT2D eigenvalue weighted by Crippen LogP contribution is -2.01. The summed E-state index contributed by atoms with van der Waals surface area (Å²) < 4.78 is 9.94. The summed E-state index contributed by atoms with van der Waals surface area (Å²) in [4.78, 5) is 30.3. The highest BCUT2D eigenvalue weighted by atomic mass is 16.5. The van der Waals surface area contributed by atoms with Gasteiger partial charge in [0.1, 0.15) is 11.5 Å². The Balaban J connectivity index is 1.75. The van der Waals surface area contributed by atoms with Crippen LogP contribution in [0.5, 0.6) is 11.5 Å². The van der Waals surface area contributed by atoms with Gasteiger partial charge in [0.25, 0.3) is 0 Å². The molecule has 0 fully saturated rings. The maximum absolute atomic E-state index is 10.9. The molecule has 2 aromatic rings. The lowest BCUT2D eigenvalue weighted by Gasteiger charge is -2.00. The quantitative estimate of drug-likeness (QED) is 0.332. The van der Waals surface area contributed by atoms with Gasteiger partial charge in [0.05, 0.1) is 13.1 Å². The monoisotopic (exact) mass is 352 g/mol. The summed E-state index contributed by atoms with van der Waals surface area (Å²) in [7, 11) is 0. The van der Waals surface area contributed by atoms with E-state index in [1.165, 1.54) is 13.8 Å². The number of carbonyl (C=O) groups is 2. The van der Waals surface area contributed by atoms with Gasteiger partial charge in [0.15, 0.2) is 0 Å². The number of nitrogens with zero attached hydrogens (tertiary/aromatic N) is 2. The van der Waals surface area contributed by atoms with Crippen molar-refractivity contribution >= 4 is 24.4 Å². The smallest absolute Gasteiger partial charge is 0.308 e. The molecule has 134 valence electrons. The normalized spacial score (nSPS) is 11.0. The van der Waals surface area contributed by atoms with E-state index in [0.717, 1.165) is 11.1 Å². The van der Waals surface area contributed by atoms with Crippen molar-refractivity contribution in [1.82, 2.24) is 0 Å². The first-order valence-corrected chi connectivity index (χ1v) is 8.09. The molecule has 0 N–H and O–H groups in total. The van der Waals surface area contributed by atoms with Crippen LogP contribution in [-0.4, -0.2) is 37.5 Å². The lowest BCUT2D eigenvalue weighted by atomic mass is 10.2. The number of hydrogen-bond acceptors (Lipinski definition) is 6. The minimum Gasteiger partial charge on any atom is -0.427 e. The van der Waals surface area contributed by atoms with E-state index < -0.39 is 0 Å². The predicted octanol–water partition coefficient (Wildman–Crippen LogP) is 3.08. The zero-order chi connectivity index (χ0) is 18.8. The summed E-state index contributed by atoms with van der Waals surface area (Å²) in [6.07, 6.45) is 3.50. The summed E-state index contributed by atoms with van der Waals surface area (Å²) in [5, 5.41) is 0. The molecular formula is C20H20N2O4. The van der Waals surface area contributed by atoms with E-state index in [-0.39, 0.29) is 11.9 Å². The van der Waals surface area contributed by atoms with Gasteiger partial charge in [-0.1, -0.05) is 0 Å². The molecule has 0 heterocycles. The van der Waals surface area contributed by atoms with Gasteiger partial charge in [-0.3, -0.25) is 19.6 Å². The first-order chi connectivity index (χ1) is 12.5. The van der Waals surface area contributed by atoms with E-state index in [9.17, 15) is 9.59 Å². The molecule has 0 aliphatic heterocycles.